The summed E-state index contributed by atoms with van der Waals surface area (Å²) in [6.07, 6.45) is 2.35. The zero-order valence-corrected chi connectivity index (χ0v) is 12.3. The average Bonchev–Trinajstić information content (AvgIpc) is 2.50. The third kappa shape index (κ3) is 3.98. The lowest BCUT2D eigenvalue weighted by molar-refractivity contribution is 0.729. The molecule has 20 heavy (non-hydrogen) atoms. The number of nitrogens with one attached hydrogen (secondary N) is 2. The van der Waals surface area contributed by atoms with E-state index in [-0.39, 0.29) is 0 Å². The molecule has 0 saturated heterocycles. The number of fused-ring (bicyclic) bond motifs is 1. The molecule has 2 rings (SSSR count). The largest absolute Gasteiger partial charge is 0.356 e. The van der Waals surface area contributed by atoms with E-state index in [1.807, 2.05) is 7.05 Å². The minimum Gasteiger partial charge on any atom is -0.356 e. The molecular formula is C17H23N3. The van der Waals surface area contributed by atoms with E-state index in [0.717, 1.165) is 25.5 Å². The van der Waals surface area contributed by atoms with E-state index in [4.69, 9.17) is 0 Å². The van der Waals surface area contributed by atoms with Gasteiger partial charge in [0.15, 0.2) is 5.96 Å². The molecule has 0 aliphatic carbocycles. The highest BCUT2D eigenvalue weighted by atomic mass is 15.2. The van der Waals surface area contributed by atoms with Gasteiger partial charge >= 0.3 is 0 Å². The van der Waals surface area contributed by atoms with Crippen LogP contribution < -0.4 is 10.6 Å². The van der Waals surface area contributed by atoms with Gasteiger partial charge in [0.05, 0.1) is 0 Å². The van der Waals surface area contributed by atoms with Crippen molar-refractivity contribution in [3.8, 4) is 0 Å². The molecule has 0 aromatic heterocycles. The Morgan fingerprint density at radius 3 is 2.60 bits per heavy atom. The molecule has 3 heteroatoms. The Labute approximate surface area is 121 Å². The Morgan fingerprint density at radius 2 is 1.85 bits per heavy atom. The van der Waals surface area contributed by atoms with Gasteiger partial charge in [-0.1, -0.05) is 49.7 Å². The molecule has 0 spiro atoms. The maximum absolute atomic E-state index is 4.23. The van der Waals surface area contributed by atoms with Gasteiger partial charge in [0.25, 0.3) is 0 Å². The van der Waals surface area contributed by atoms with Gasteiger partial charge in [-0.15, -0.1) is 0 Å². The van der Waals surface area contributed by atoms with Crippen LogP contribution in [0.3, 0.4) is 0 Å². The zero-order chi connectivity index (χ0) is 14.2. The molecule has 0 saturated carbocycles. The smallest absolute Gasteiger partial charge is 0.191 e. The quantitative estimate of drug-likeness (QED) is 0.496. The van der Waals surface area contributed by atoms with Crippen molar-refractivity contribution >= 4 is 16.7 Å². The van der Waals surface area contributed by atoms with Gasteiger partial charge in [0.2, 0.25) is 0 Å². The zero-order valence-electron chi connectivity index (χ0n) is 12.3. The summed E-state index contributed by atoms with van der Waals surface area (Å²) >= 11 is 0. The maximum Gasteiger partial charge on any atom is 0.191 e. The molecule has 106 valence electrons. The van der Waals surface area contributed by atoms with Crippen molar-refractivity contribution < 1.29 is 0 Å². The minimum absolute atomic E-state index is 0.788. The van der Waals surface area contributed by atoms with Crippen LogP contribution in [0.2, 0.25) is 0 Å². The average molecular weight is 269 g/mol. The van der Waals surface area contributed by atoms with Crippen molar-refractivity contribution in [2.24, 2.45) is 4.99 Å². The first kappa shape index (κ1) is 14.4. The second-order valence-corrected chi connectivity index (χ2v) is 4.89. The molecule has 0 bridgehead atoms. The lowest BCUT2D eigenvalue weighted by Crippen LogP contribution is -2.37. The molecule has 0 fully saturated rings. The van der Waals surface area contributed by atoms with E-state index in [1.165, 1.54) is 22.8 Å². The third-order valence-corrected chi connectivity index (χ3v) is 3.32. The van der Waals surface area contributed by atoms with E-state index in [1.54, 1.807) is 0 Å². The van der Waals surface area contributed by atoms with Crippen molar-refractivity contribution in [2.45, 2.75) is 26.3 Å². The van der Waals surface area contributed by atoms with Crippen LogP contribution in [0, 0.1) is 0 Å². The van der Waals surface area contributed by atoms with Crippen molar-refractivity contribution in [1.29, 1.82) is 0 Å². The number of nitrogens with zero attached hydrogens (tertiary/aromatic N) is 1. The van der Waals surface area contributed by atoms with E-state index in [2.05, 4.69) is 65.0 Å². The van der Waals surface area contributed by atoms with E-state index < -0.39 is 0 Å². The summed E-state index contributed by atoms with van der Waals surface area (Å²) in [6, 6.07) is 15.0. The van der Waals surface area contributed by atoms with E-state index in [0.29, 0.717) is 0 Å². The summed E-state index contributed by atoms with van der Waals surface area (Å²) < 4.78 is 0. The van der Waals surface area contributed by atoms with Gasteiger partial charge in [-0.05, 0) is 28.8 Å². The highest BCUT2D eigenvalue weighted by molar-refractivity contribution is 5.83. The summed E-state index contributed by atoms with van der Waals surface area (Å²) in [5.41, 5.74) is 1.27. The Balaban J connectivity index is 1.94. The van der Waals surface area contributed by atoms with Crippen LogP contribution in [0.5, 0.6) is 0 Å². The molecule has 3 nitrogen and oxygen atoms in total. The van der Waals surface area contributed by atoms with Gasteiger partial charge in [-0.25, -0.2) is 0 Å². The highest BCUT2D eigenvalue weighted by Gasteiger charge is 1.99. The standard InChI is InChI=1S/C17H23N3/c1-3-4-11-19-17(18-2)20-13-14-9-10-15-7-5-6-8-16(15)12-14/h5-10,12H,3-4,11,13H2,1-2H3,(H2,18,19,20). The minimum atomic E-state index is 0.788. The predicted molar refractivity (Wildman–Crippen MR) is 87.1 cm³/mol. The topological polar surface area (TPSA) is 36.4 Å². The maximum atomic E-state index is 4.23. The molecule has 0 heterocycles. The summed E-state index contributed by atoms with van der Waals surface area (Å²) in [5.74, 6) is 0.867. The van der Waals surface area contributed by atoms with Gasteiger partial charge in [-0.2, -0.15) is 0 Å². The number of guanidine groups is 1. The summed E-state index contributed by atoms with van der Waals surface area (Å²) in [5, 5.41) is 9.22. The summed E-state index contributed by atoms with van der Waals surface area (Å²) in [4.78, 5) is 4.23. The number of unbranched alkanes of at least 4 members (excludes halogenated alkanes) is 1. The molecule has 2 aromatic carbocycles. The number of hydrogen-bond donors (Lipinski definition) is 2. The lowest BCUT2D eigenvalue weighted by Gasteiger charge is -2.12. The molecule has 0 aliphatic heterocycles. The van der Waals surface area contributed by atoms with Crippen molar-refractivity contribution in [2.75, 3.05) is 13.6 Å². The van der Waals surface area contributed by atoms with Crippen LogP contribution in [0.25, 0.3) is 10.8 Å². The molecule has 0 amide bonds. The number of rotatable bonds is 5. The first-order valence-corrected chi connectivity index (χ1v) is 7.25. The third-order valence-electron chi connectivity index (χ3n) is 3.32. The van der Waals surface area contributed by atoms with Gasteiger partial charge in [0.1, 0.15) is 0 Å². The highest BCUT2D eigenvalue weighted by Crippen LogP contribution is 2.15. The second kappa shape index (κ2) is 7.53. The Kier molecular flexibility index (Phi) is 5.42. The van der Waals surface area contributed by atoms with Crippen molar-refractivity contribution in [1.82, 2.24) is 10.6 Å². The summed E-state index contributed by atoms with van der Waals surface area (Å²) in [6.45, 7) is 3.94. The van der Waals surface area contributed by atoms with Gasteiger partial charge < -0.3 is 10.6 Å². The Hall–Kier alpha value is -2.03. The van der Waals surface area contributed by atoms with E-state index >= 15 is 0 Å². The first-order valence-electron chi connectivity index (χ1n) is 7.25. The normalized spacial score (nSPS) is 11.6. The van der Waals surface area contributed by atoms with Crippen LogP contribution in [-0.4, -0.2) is 19.6 Å². The Bertz CT molecular complexity index is 575. The Morgan fingerprint density at radius 1 is 1.05 bits per heavy atom. The SMILES string of the molecule is CCCCNC(=NC)NCc1ccc2ccccc2c1. The fourth-order valence-corrected chi connectivity index (χ4v) is 2.14. The molecule has 0 unspecified atom stereocenters. The first-order chi connectivity index (χ1) is 9.83. The summed E-state index contributed by atoms with van der Waals surface area (Å²) in [7, 11) is 1.81. The van der Waals surface area contributed by atoms with Crippen LogP contribution in [0.15, 0.2) is 47.5 Å². The molecular weight excluding hydrogens is 246 g/mol. The fraction of sp³-hybridized carbons (Fsp3) is 0.353. The molecule has 0 aliphatic rings. The predicted octanol–water partition coefficient (Wildman–Crippen LogP) is 3.30. The number of aliphatic imine (C=N–C) groups is 1. The van der Waals surface area contributed by atoms with Crippen molar-refractivity contribution in [3.05, 3.63) is 48.0 Å². The number of benzene rings is 2. The van der Waals surface area contributed by atoms with Crippen LogP contribution >= 0.6 is 0 Å². The van der Waals surface area contributed by atoms with Gasteiger partial charge in [-0.3, -0.25) is 4.99 Å². The molecule has 0 radical (unpaired) electrons. The lowest BCUT2D eigenvalue weighted by atomic mass is 10.1. The van der Waals surface area contributed by atoms with Crippen LogP contribution in [0.4, 0.5) is 0 Å². The van der Waals surface area contributed by atoms with Crippen LogP contribution in [0.1, 0.15) is 25.3 Å². The molecule has 2 aromatic rings. The monoisotopic (exact) mass is 269 g/mol. The fourth-order valence-electron chi connectivity index (χ4n) is 2.14. The molecule has 0 atom stereocenters. The molecule has 2 N–H and O–H groups in total. The van der Waals surface area contributed by atoms with Crippen LogP contribution in [-0.2, 0) is 6.54 Å². The van der Waals surface area contributed by atoms with E-state index in [9.17, 15) is 0 Å². The van der Waals surface area contributed by atoms with Crippen molar-refractivity contribution in [3.63, 3.8) is 0 Å². The number of hydrogen-bond acceptors (Lipinski definition) is 1. The van der Waals surface area contributed by atoms with Gasteiger partial charge in [0, 0.05) is 20.1 Å². The second-order valence-electron chi connectivity index (χ2n) is 4.89.